The zero-order valence-corrected chi connectivity index (χ0v) is 36.7. The van der Waals surface area contributed by atoms with E-state index in [1.54, 1.807) is 4.90 Å². The molecule has 3 heterocycles. The Bertz CT molecular complexity index is 1930. The summed E-state index contributed by atoms with van der Waals surface area (Å²) in [5.41, 5.74) is -0.256. The van der Waals surface area contributed by atoms with Gasteiger partial charge in [-0.3, -0.25) is 29.1 Å². The second-order valence-corrected chi connectivity index (χ2v) is 20.2. The molecular formula is C47H64ClN3O9. The number of carboxylic acid groups (broad SMARTS) is 1. The third kappa shape index (κ3) is 9.31. The van der Waals surface area contributed by atoms with E-state index < -0.39 is 40.8 Å². The van der Waals surface area contributed by atoms with Gasteiger partial charge in [0.25, 0.3) is 0 Å². The first-order chi connectivity index (χ1) is 28.7. The van der Waals surface area contributed by atoms with Crippen molar-refractivity contribution in [1.82, 2.24) is 14.8 Å². The number of ketones is 1. The first-order valence-electron chi connectivity index (χ1n) is 22.7. The fourth-order valence-corrected chi connectivity index (χ4v) is 11.0. The lowest BCUT2D eigenvalue weighted by Gasteiger charge is -2.35. The summed E-state index contributed by atoms with van der Waals surface area (Å²) >= 11 is 7.13. The van der Waals surface area contributed by atoms with Crippen molar-refractivity contribution in [3.63, 3.8) is 0 Å². The molecule has 0 radical (unpaired) electrons. The molecule has 60 heavy (non-hydrogen) atoms. The van der Waals surface area contributed by atoms with Gasteiger partial charge in [-0.15, -0.1) is 0 Å². The number of likely N-dealkylation sites (tertiary alicyclic amines) is 1. The van der Waals surface area contributed by atoms with E-state index in [-0.39, 0.29) is 55.4 Å². The van der Waals surface area contributed by atoms with Gasteiger partial charge in [0.15, 0.2) is 5.78 Å². The van der Waals surface area contributed by atoms with E-state index in [0.29, 0.717) is 71.9 Å². The SMILES string of the molecule is CC[C@@H]1C[C@]1(CC(=O)[C@@H]1C[C@@H](Oc2cc(C3CCCCC3)nc3c(Cl)c(OCCN4CCOCC4)ccc23)CN1C(=O)[C@@H](CC(=O)OC1C[C@@H]2C[C@@H]2C1)C(C)(C)C)C(=O)O. The lowest BCUT2D eigenvalue weighted by atomic mass is 9.77. The molecular weight excluding hydrogens is 786 g/mol. The Morgan fingerprint density at radius 2 is 1.73 bits per heavy atom. The largest absolute Gasteiger partial charge is 0.491 e. The number of ether oxygens (including phenoxy) is 4. The lowest BCUT2D eigenvalue weighted by Crippen LogP contribution is -2.48. The molecule has 6 aliphatic rings. The summed E-state index contributed by atoms with van der Waals surface area (Å²) in [6, 6.07) is 4.87. The predicted octanol–water partition coefficient (Wildman–Crippen LogP) is 7.85. The van der Waals surface area contributed by atoms with Crippen LogP contribution < -0.4 is 9.47 Å². The molecule has 12 nitrogen and oxygen atoms in total. The summed E-state index contributed by atoms with van der Waals surface area (Å²) in [6.07, 6.45) is 8.79. The number of amides is 1. The number of esters is 1. The smallest absolute Gasteiger partial charge is 0.310 e. The number of carbonyl (C=O) groups excluding carboxylic acids is 3. The van der Waals surface area contributed by atoms with Crippen molar-refractivity contribution < 1.29 is 43.2 Å². The maximum atomic E-state index is 14.9. The predicted molar refractivity (Wildman–Crippen MR) is 226 cm³/mol. The number of rotatable bonds is 16. The minimum Gasteiger partial charge on any atom is -0.491 e. The molecule has 8 rings (SSSR count). The molecule has 2 saturated heterocycles. The van der Waals surface area contributed by atoms with Crippen molar-refractivity contribution in [2.75, 3.05) is 46.0 Å². The van der Waals surface area contributed by atoms with E-state index >= 15 is 0 Å². The number of aliphatic carboxylic acids is 1. The lowest BCUT2D eigenvalue weighted by molar-refractivity contribution is -0.157. The number of halogens is 1. The number of Topliss-reactive ketones (excluding diaryl/α,β-unsaturated/α-hetero) is 1. The van der Waals surface area contributed by atoms with Crippen LogP contribution in [0.5, 0.6) is 11.5 Å². The van der Waals surface area contributed by atoms with Gasteiger partial charge >= 0.3 is 11.9 Å². The van der Waals surface area contributed by atoms with E-state index in [0.717, 1.165) is 63.9 Å². The number of nitrogens with zero attached hydrogens (tertiary/aromatic N) is 3. The highest BCUT2D eigenvalue weighted by molar-refractivity contribution is 6.36. The number of aromatic nitrogens is 1. The number of carboxylic acids is 1. The van der Waals surface area contributed by atoms with E-state index in [2.05, 4.69) is 4.90 Å². The minimum absolute atomic E-state index is 0.0883. The Morgan fingerprint density at radius 3 is 2.40 bits per heavy atom. The Kier molecular flexibility index (Phi) is 12.7. The number of benzene rings is 1. The Morgan fingerprint density at radius 1 is 1.00 bits per heavy atom. The molecule has 6 fully saturated rings. The monoisotopic (exact) mass is 849 g/mol. The van der Waals surface area contributed by atoms with Gasteiger partial charge in [0, 0.05) is 55.5 Å². The highest BCUT2D eigenvalue weighted by Crippen LogP contribution is 2.58. The van der Waals surface area contributed by atoms with Crippen LogP contribution in [0.3, 0.4) is 0 Å². The average Bonchev–Trinajstić information content (AvgIpc) is 4.04. The van der Waals surface area contributed by atoms with Crippen LogP contribution in [0, 0.1) is 34.5 Å². The summed E-state index contributed by atoms with van der Waals surface area (Å²) in [5, 5.41) is 11.4. The van der Waals surface area contributed by atoms with Crippen LogP contribution in [0.4, 0.5) is 0 Å². The van der Waals surface area contributed by atoms with Crippen LogP contribution in [0.15, 0.2) is 18.2 Å². The van der Waals surface area contributed by atoms with Crippen LogP contribution in [0.25, 0.3) is 10.9 Å². The van der Waals surface area contributed by atoms with Crippen LogP contribution in [-0.4, -0.2) is 108 Å². The highest BCUT2D eigenvalue weighted by Gasteiger charge is 2.61. The van der Waals surface area contributed by atoms with Crippen LogP contribution in [0.1, 0.15) is 123 Å². The molecule has 1 aromatic heterocycles. The minimum atomic E-state index is -1.12. The van der Waals surface area contributed by atoms with Gasteiger partial charge in [-0.25, -0.2) is 0 Å². The molecule has 2 aliphatic heterocycles. The number of carbonyl (C=O) groups is 4. The zero-order valence-electron chi connectivity index (χ0n) is 35.9. The van der Waals surface area contributed by atoms with Gasteiger partial charge in [0.05, 0.1) is 49.1 Å². The van der Waals surface area contributed by atoms with Crippen molar-refractivity contribution in [3.05, 3.63) is 28.9 Å². The van der Waals surface area contributed by atoms with Crippen molar-refractivity contribution in [1.29, 1.82) is 0 Å². The van der Waals surface area contributed by atoms with Gasteiger partial charge < -0.3 is 29.0 Å². The van der Waals surface area contributed by atoms with E-state index in [1.165, 1.54) is 12.8 Å². The Hall–Kier alpha value is -3.48. The molecule has 13 heteroatoms. The Labute approximate surface area is 359 Å². The molecule has 328 valence electrons. The summed E-state index contributed by atoms with van der Waals surface area (Å²) < 4.78 is 24.6. The summed E-state index contributed by atoms with van der Waals surface area (Å²) in [6.45, 7) is 12.2. The molecule has 1 aromatic carbocycles. The molecule has 2 aromatic rings. The number of pyridine rings is 1. The van der Waals surface area contributed by atoms with Crippen LogP contribution in [-0.2, 0) is 28.7 Å². The van der Waals surface area contributed by atoms with Crippen LogP contribution >= 0.6 is 11.6 Å². The normalized spacial score (nSPS) is 29.9. The van der Waals surface area contributed by atoms with Crippen molar-refractivity contribution in [3.8, 4) is 11.5 Å². The highest BCUT2D eigenvalue weighted by atomic mass is 35.5. The standard InChI is InChI=1S/C47H64ClN3O9/c1-5-31-25-47(31,45(55)56)26-38(52)37-22-33(27-51(37)44(54)35(46(2,3)4)23-41(53)60-32-20-29-19-30(29)21-32)59-40-24-36(28-9-7-6-8-10-28)49-43-34(40)11-12-39(42(43)48)58-18-15-50-13-16-57-17-14-50/h11-12,24,28-33,35,37H,5-10,13-23,25-27H2,1-4H3,(H,55,56)/t29-,30+,31-,32?,33-,35-,37+,47-/m1/s1. The van der Waals surface area contributed by atoms with Crippen molar-refractivity contribution in [2.24, 2.45) is 34.5 Å². The maximum Gasteiger partial charge on any atom is 0.310 e. The molecule has 4 saturated carbocycles. The number of hydrogen-bond acceptors (Lipinski definition) is 10. The number of morpholine rings is 1. The van der Waals surface area contributed by atoms with Gasteiger partial charge in [-0.05, 0) is 73.8 Å². The first kappa shape index (κ1) is 43.2. The van der Waals surface area contributed by atoms with Crippen molar-refractivity contribution >= 4 is 46.1 Å². The molecule has 1 unspecified atom stereocenters. The topological polar surface area (TPSA) is 145 Å². The molecule has 8 atom stereocenters. The second kappa shape index (κ2) is 17.7. The van der Waals surface area contributed by atoms with Crippen LogP contribution in [0.2, 0.25) is 5.02 Å². The number of fused-ring (bicyclic) bond motifs is 2. The molecule has 0 bridgehead atoms. The maximum absolute atomic E-state index is 14.9. The first-order valence-corrected chi connectivity index (χ1v) is 23.1. The van der Waals surface area contributed by atoms with E-state index in [4.69, 9.17) is 35.5 Å². The fourth-order valence-electron chi connectivity index (χ4n) is 10.8. The quantitative estimate of drug-likeness (QED) is 0.165. The third-order valence-electron chi connectivity index (χ3n) is 14.7. The summed E-state index contributed by atoms with van der Waals surface area (Å²) in [5.74, 6) is -0.126. The van der Waals surface area contributed by atoms with Gasteiger partial charge in [-0.1, -0.05) is 65.0 Å². The average molecular weight is 850 g/mol. The number of hydrogen-bond donors (Lipinski definition) is 1. The second-order valence-electron chi connectivity index (χ2n) is 19.8. The third-order valence-corrected chi connectivity index (χ3v) is 15.1. The van der Waals surface area contributed by atoms with Gasteiger partial charge in [0.2, 0.25) is 5.91 Å². The van der Waals surface area contributed by atoms with E-state index in [9.17, 15) is 24.3 Å². The van der Waals surface area contributed by atoms with Crippen molar-refractivity contribution in [2.45, 2.75) is 135 Å². The fraction of sp³-hybridized carbons (Fsp3) is 0.723. The Balaban J connectivity index is 1.07. The van der Waals surface area contributed by atoms with Gasteiger partial charge in [-0.2, -0.15) is 0 Å². The zero-order chi connectivity index (χ0) is 42.3. The molecule has 1 N–H and O–H groups in total. The van der Waals surface area contributed by atoms with Gasteiger partial charge in [0.1, 0.15) is 35.3 Å². The molecule has 0 spiro atoms. The summed E-state index contributed by atoms with van der Waals surface area (Å²) in [4.78, 5) is 64.3. The van der Waals surface area contributed by atoms with E-state index in [1.807, 2.05) is 45.9 Å². The molecule has 4 aliphatic carbocycles. The molecule has 1 amide bonds. The summed E-state index contributed by atoms with van der Waals surface area (Å²) in [7, 11) is 0.